The standard InChI is InChI=1S/C12H16F3NO4S2/c1-11(17,8-21-2)7-16-22(18,19)10-6-4-3-5-9(10)20-12(13,14)15/h3-6,16-17H,7-8H2,1-2H3/t11-/m1/s1. The van der Waals surface area contributed by atoms with Crippen LogP contribution in [0, 0.1) is 0 Å². The molecule has 126 valence electrons. The molecule has 0 saturated heterocycles. The van der Waals surface area contributed by atoms with Gasteiger partial charge < -0.3 is 9.84 Å². The molecule has 0 radical (unpaired) electrons. The number of rotatable bonds is 7. The average molecular weight is 359 g/mol. The van der Waals surface area contributed by atoms with E-state index in [9.17, 15) is 26.7 Å². The van der Waals surface area contributed by atoms with Gasteiger partial charge in [0.2, 0.25) is 10.0 Å². The van der Waals surface area contributed by atoms with Crippen molar-refractivity contribution in [3.8, 4) is 5.75 Å². The van der Waals surface area contributed by atoms with Crippen molar-refractivity contribution in [2.75, 3.05) is 18.6 Å². The molecule has 0 saturated carbocycles. The fraction of sp³-hybridized carbons (Fsp3) is 0.500. The molecular formula is C12H16F3NO4S2. The molecule has 1 rings (SSSR count). The summed E-state index contributed by atoms with van der Waals surface area (Å²) in [6.45, 7) is 1.08. The first-order valence-electron chi connectivity index (χ1n) is 6.03. The molecule has 22 heavy (non-hydrogen) atoms. The molecule has 0 aliphatic rings. The number of alkyl halides is 3. The topological polar surface area (TPSA) is 75.6 Å². The largest absolute Gasteiger partial charge is 0.573 e. The van der Waals surface area contributed by atoms with Crippen LogP contribution in [0.4, 0.5) is 13.2 Å². The first-order valence-corrected chi connectivity index (χ1v) is 8.90. The Morgan fingerprint density at radius 3 is 2.45 bits per heavy atom. The van der Waals surface area contributed by atoms with Gasteiger partial charge in [0.25, 0.3) is 0 Å². The number of hydrogen-bond donors (Lipinski definition) is 2. The average Bonchev–Trinajstić information content (AvgIpc) is 2.35. The van der Waals surface area contributed by atoms with Gasteiger partial charge in [0, 0.05) is 12.3 Å². The second kappa shape index (κ2) is 7.07. The zero-order valence-corrected chi connectivity index (χ0v) is 13.5. The van der Waals surface area contributed by atoms with E-state index >= 15 is 0 Å². The van der Waals surface area contributed by atoms with Gasteiger partial charge in [0.05, 0.1) is 5.60 Å². The van der Waals surface area contributed by atoms with Crippen LogP contribution in [0.25, 0.3) is 0 Å². The van der Waals surface area contributed by atoms with E-state index in [1.54, 1.807) is 6.26 Å². The molecule has 0 unspecified atom stereocenters. The molecule has 1 aromatic rings. The van der Waals surface area contributed by atoms with Gasteiger partial charge in [0.15, 0.2) is 0 Å². The lowest BCUT2D eigenvalue weighted by Crippen LogP contribution is -2.42. The summed E-state index contributed by atoms with van der Waals surface area (Å²) >= 11 is 1.31. The molecule has 10 heteroatoms. The smallest absolute Gasteiger partial charge is 0.404 e. The number of aliphatic hydroxyl groups is 1. The van der Waals surface area contributed by atoms with Gasteiger partial charge in [-0.25, -0.2) is 13.1 Å². The van der Waals surface area contributed by atoms with Crippen molar-refractivity contribution >= 4 is 21.8 Å². The third-order valence-corrected chi connectivity index (χ3v) is 4.81. The van der Waals surface area contributed by atoms with Crippen molar-refractivity contribution < 1.29 is 31.4 Å². The van der Waals surface area contributed by atoms with Crippen LogP contribution in [-0.2, 0) is 10.0 Å². The van der Waals surface area contributed by atoms with E-state index in [2.05, 4.69) is 9.46 Å². The van der Waals surface area contributed by atoms with Crippen LogP contribution in [0.3, 0.4) is 0 Å². The second-order valence-corrected chi connectivity index (χ2v) is 7.35. The molecular weight excluding hydrogens is 343 g/mol. The fourth-order valence-corrected chi connectivity index (χ4v) is 3.58. The molecule has 5 nitrogen and oxygen atoms in total. The first kappa shape index (κ1) is 19.1. The van der Waals surface area contributed by atoms with Gasteiger partial charge in [-0.2, -0.15) is 11.8 Å². The molecule has 1 atom stereocenters. The quantitative estimate of drug-likeness (QED) is 0.779. The van der Waals surface area contributed by atoms with E-state index in [1.807, 2.05) is 0 Å². The van der Waals surface area contributed by atoms with Crippen LogP contribution in [-0.4, -0.2) is 44.0 Å². The molecule has 0 aliphatic heterocycles. The van der Waals surface area contributed by atoms with E-state index in [0.29, 0.717) is 0 Å². The van der Waals surface area contributed by atoms with Gasteiger partial charge in [0.1, 0.15) is 10.6 Å². The number of benzene rings is 1. The number of halogens is 3. The second-order valence-electron chi connectivity index (χ2n) is 4.75. The summed E-state index contributed by atoms with van der Waals surface area (Å²) in [6, 6.07) is 4.40. The van der Waals surface area contributed by atoms with Gasteiger partial charge in [-0.1, -0.05) is 12.1 Å². The summed E-state index contributed by atoms with van der Waals surface area (Å²) in [7, 11) is -4.26. The van der Waals surface area contributed by atoms with Crippen LogP contribution in [0.2, 0.25) is 0 Å². The highest BCUT2D eigenvalue weighted by Gasteiger charge is 2.34. The van der Waals surface area contributed by atoms with Gasteiger partial charge in [-0.05, 0) is 25.3 Å². The van der Waals surface area contributed by atoms with Gasteiger partial charge in [-0.3, -0.25) is 0 Å². The minimum absolute atomic E-state index is 0.260. The van der Waals surface area contributed by atoms with Crippen LogP contribution in [0.5, 0.6) is 5.75 Å². The lowest BCUT2D eigenvalue weighted by atomic mass is 10.1. The van der Waals surface area contributed by atoms with Crippen LogP contribution in [0.15, 0.2) is 29.2 Å². The Morgan fingerprint density at radius 1 is 1.32 bits per heavy atom. The lowest BCUT2D eigenvalue weighted by Gasteiger charge is -2.23. The van der Waals surface area contributed by atoms with Crippen molar-refractivity contribution in [1.29, 1.82) is 0 Å². The zero-order chi connectivity index (χ0) is 17.0. The zero-order valence-electron chi connectivity index (χ0n) is 11.8. The van der Waals surface area contributed by atoms with E-state index < -0.39 is 32.6 Å². The molecule has 0 aromatic heterocycles. The Bertz CT molecular complexity index is 603. The number of para-hydroxylation sites is 1. The first-order chi connectivity index (χ1) is 9.97. The Labute approximate surface area is 130 Å². The Kier molecular flexibility index (Phi) is 6.13. The third-order valence-electron chi connectivity index (χ3n) is 2.46. The molecule has 1 aromatic carbocycles. The van der Waals surface area contributed by atoms with E-state index in [4.69, 9.17) is 0 Å². The number of nitrogens with one attached hydrogen (secondary N) is 1. The van der Waals surface area contributed by atoms with Crippen molar-refractivity contribution in [2.24, 2.45) is 0 Å². The highest BCUT2D eigenvalue weighted by atomic mass is 32.2. The maximum absolute atomic E-state index is 12.3. The van der Waals surface area contributed by atoms with Crippen molar-refractivity contribution in [2.45, 2.75) is 23.8 Å². The van der Waals surface area contributed by atoms with Crippen molar-refractivity contribution in [3.05, 3.63) is 24.3 Å². The van der Waals surface area contributed by atoms with E-state index in [0.717, 1.165) is 12.1 Å². The summed E-state index contributed by atoms with van der Waals surface area (Å²) in [4.78, 5) is -0.646. The minimum Gasteiger partial charge on any atom is -0.404 e. The molecule has 0 spiro atoms. The van der Waals surface area contributed by atoms with E-state index in [-0.39, 0.29) is 12.3 Å². The molecule has 0 bridgehead atoms. The molecule has 0 aliphatic carbocycles. The summed E-state index contributed by atoms with van der Waals surface area (Å²) in [5.74, 6) is -0.567. The fourth-order valence-electron chi connectivity index (χ4n) is 1.57. The Hall–Kier alpha value is -0.970. The van der Waals surface area contributed by atoms with E-state index in [1.165, 1.54) is 30.8 Å². The normalized spacial score (nSPS) is 15.4. The minimum atomic E-state index is -5.00. The summed E-state index contributed by atoms with van der Waals surface area (Å²) < 4.78 is 66.9. The Morgan fingerprint density at radius 2 is 1.91 bits per heavy atom. The number of hydrogen-bond acceptors (Lipinski definition) is 5. The monoisotopic (exact) mass is 359 g/mol. The number of ether oxygens (including phenoxy) is 1. The summed E-state index contributed by atoms with van der Waals surface area (Å²) in [6.07, 6.45) is -3.27. The van der Waals surface area contributed by atoms with Crippen LogP contribution < -0.4 is 9.46 Å². The van der Waals surface area contributed by atoms with Gasteiger partial charge in [-0.15, -0.1) is 13.2 Å². The predicted molar refractivity (Wildman–Crippen MR) is 77.3 cm³/mol. The van der Waals surface area contributed by atoms with Crippen LogP contribution >= 0.6 is 11.8 Å². The molecule has 2 N–H and O–H groups in total. The Balaban J connectivity index is 2.99. The molecule has 0 fully saturated rings. The lowest BCUT2D eigenvalue weighted by molar-refractivity contribution is -0.275. The SMILES string of the molecule is CSC[C@](C)(O)CNS(=O)(=O)c1ccccc1OC(F)(F)F. The van der Waals surface area contributed by atoms with Crippen LogP contribution in [0.1, 0.15) is 6.92 Å². The predicted octanol–water partition coefficient (Wildman–Crippen LogP) is 1.98. The maximum Gasteiger partial charge on any atom is 0.573 e. The van der Waals surface area contributed by atoms with Crippen molar-refractivity contribution in [1.82, 2.24) is 4.72 Å². The van der Waals surface area contributed by atoms with Gasteiger partial charge >= 0.3 is 6.36 Å². The van der Waals surface area contributed by atoms with Crippen molar-refractivity contribution in [3.63, 3.8) is 0 Å². The third kappa shape index (κ3) is 6.03. The number of thioether (sulfide) groups is 1. The highest BCUT2D eigenvalue weighted by molar-refractivity contribution is 7.98. The summed E-state index contributed by atoms with van der Waals surface area (Å²) in [5, 5.41) is 9.92. The maximum atomic E-state index is 12.3. The summed E-state index contributed by atoms with van der Waals surface area (Å²) in [5.41, 5.74) is -1.33. The molecule has 0 heterocycles. The molecule has 0 amide bonds. The number of sulfonamides is 1. The highest BCUT2D eigenvalue weighted by Crippen LogP contribution is 2.29.